The van der Waals surface area contributed by atoms with Gasteiger partial charge in [-0.25, -0.2) is 0 Å². The number of nitrogens with one attached hydrogen (secondary N) is 1. The van der Waals surface area contributed by atoms with E-state index in [2.05, 4.69) is 11.4 Å². The monoisotopic (exact) mass is 260 g/mol. The summed E-state index contributed by atoms with van der Waals surface area (Å²) in [4.78, 5) is 0. The summed E-state index contributed by atoms with van der Waals surface area (Å²) in [6.07, 6.45) is 2.37. The van der Waals surface area contributed by atoms with Crippen LogP contribution < -0.4 is 10.1 Å². The Kier molecular flexibility index (Phi) is 5.20. The second kappa shape index (κ2) is 7.13. The minimum atomic E-state index is 0.558. The van der Waals surface area contributed by atoms with E-state index in [0.717, 1.165) is 25.3 Å². The first-order valence-electron chi connectivity index (χ1n) is 6.69. The molecule has 102 valence electrons. The summed E-state index contributed by atoms with van der Waals surface area (Å²) in [5.41, 5.74) is 1.58. The van der Waals surface area contributed by atoms with Crippen LogP contribution in [0.15, 0.2) is 18.2 Å². The minimum absolute atomic E-state index is 0.558. The smallest absolute Gasteiger partial charge is 0.136 e. The van der Waals surface area contributed by atoms with Crippen LogP contribution in [0.5, 0.6) is 5.75 Å². The molecule has 0 bridgehead atoms. The summed E-state index contributed by atoms with van der Waals surface area (Å²) in [5.74, 6) is 1.28. The van der Waals surface area contributed by atoms with E-state index in [1.165, 1.54) is 12.8 Å². The fraction of sp³-hybridized carbons (Fsp3) is 0.533. The largest absolute Gasteiger partial charge is 0.495 e. The van der Waals surface area contributed by atoms with Crippen LogP contribution in [0.2, 0.25) is 0 Å². The van der Waals surface area contributed by atoms with Crippen molar-refractivity contribution in [1.29, 1.82) is 5.26 Å². The third kappa shape index (κ3) is 3.95. The molecule has 1 aromatic carbocycles. The first-order valence-corrected chi connectivity index (χ1v) is 6.69. The average molecular weight is 260 g/mol. The normalized spacial score (nSPS) is 16.0. The highest BCUT2D eigenvalue weighted by Gasteiger charge is 2.13. The molecule has 1 fully saturated rings. The van der Waals surface area contributed by atoms with Gasteiger partial charge in [-0.2, -0.15) is 5.26 Å². The molecular formula is C15H20N2O2. The zero-order chi connectivity index (χ0) is 13.5. The van der Waals surface area contributed by atoms with Gasteiger partial charge in [0.25, 0.3) is 0 Å². The Morgan fingerprint density at radius 1 is 1.37 bits per heavy atom. The van der Waals surface area contributed by atoms with E-state index in [0.29, 0.717) is 23.8 Å². The minimum Gasteiger partial charge on any atom is -0.495 e. The van der Waals surface area contributed by atoms with Gasteiger partial charge in [-0.15, -0.1) is 0 Å². The molecule has 1 heterocycles. The van der Waals surface area contributed by atoms with Gasteiger partial charge >= 0.3 is 0 Å². The third-order valence-corrected chi connectivity index (χ3v) is 3.47. The van der Waals surface area contributed by atoms with Crippen molar-refractivity contribution in [2.45, 2.75) is 19.4 Å². The molecule has 1 saturated heterocycles. The van der Waals surface area contributed by atoms with Crippen molar-refractivity contribution >= 4 is 0 Å². The molecule has 0 aromatic heterocycles. The lowest BCUT2D eigenvalue weighted by molar-refractivity contribution is 0.0763. The van der Waals surface area contributed by atoms with Gasteiger partial charge in [0.05, 0.1) is 19.3 Å². The molecule has 1 N–H and O–H groups in total. The van der Waals surface area contributed by atoms with Crippen LogP contribution in [0.4, 0.5) is 0 Å². The van der Waals surface area contributed by atoms with E-state index in [1.807, 2.05) is 18.2 Å². The molecule has 1 aliphatic rings. The van der Waals surface area contributed by atoms with E-state index < -0.39 is 0 Å². The van der Waals surface area contributed by atoms with Crippen LogP contribution in [-0.4, -0.2) is 26.8 Å². The van der Waals surface area contributed by atoms with Gasteiger partial charge in [0.1, 0.15) is 11.8 Å². The number of piperidine rings is 1. The van der Waals surface area contributed by atoms with Crippen LogP contribution in [0.1, 0.15) is 24.0 Å². The summed E-state index contributed by atoms with van der Waals surface area (Å²) < 4.78 is 10.9. The summed E-state index contributed by atoms with van der Waals surface area (Å²) >= 11 is 0. The maximum atomic E-state index is 9.03. The highest BCUT2D eigenvalue weighted by Crippen LogP contribution is 2.20. The van der Waals surface area contributed by atoms with Crippen molar-refractivity contribution in [2.24, 2.45) is 5.92 Å². The first kappa shape index (κ1) is 13.9. The van der Waals surface area contributed by atoms with E-state index in [4.69, 9.17) is 14.7 Å². The van der Waals surface area contributed by atoms with Gasteiger partial charge < -0.3 is 14.8 Å². The standard InChI is InChI=1S/C15H20N2O2/c1-18-15-3-2-13(8-14(15)9-16)11-19-10-12-4-6-17-7-5-12/h2-3,8,12,17H,4-7,10-11H2,1H3. The number of nitrogens with zero attached hydrogens (tertiary/aromatic N) is 1. The summed E-state index contributed by atoms with van der Waals surface area (Å²) in [7, 11) is 1.57. The van der Waals surface area contributed by atoms with Crippen molar-refractivity contribution in [3.05, 3.63) is 29.3 Å². The second-order valence-electron chi connectivity index (χ2n) is 4.85. The highest BCUT2D eigenvalue weighted by atomic mass is 16.5. The molecule has 0 spiro atoms. The van der Waals surface area contributed by atoms with Crippen LogP contribution in [0.25, 0.3) is 0 Å². The Balaban J connectivity index is 1.84. The fourth-order valence-corrected chi connectivity index (χ4v) is 2.32. The van der Waals surface area contributed by atoms with Crippen molar-refractivity contribution in [3.63, 3.8) is 0 Å². The van der Waals surface area contributed by atoms with Gasteiger partial charge in [-0.1, -0.05) is 6.07 Å². The lowest BCUT2D eigenvalue weighted by atomic mass is 9.99. The fourth-order valence-electron chi connectivity index (χ4n) is 2.32. The molecule has 0 unspecified atom stereocenters. The Bertz CT molecular complexity index is 448. The molecule has 0 amide bonds. The number of hydrogen-bond acceptors (Lipinski definition) is 4. The van der Waals surface area contributed by atoms with Crippen LogP contribution in [-0.2, 0) is 11.3 Å². The van der Waals surface area contributed by atoms with Crippen molar-refractivity contribution in [2.75, 3.05) is 26.8 Å². The average Bonchev–Trinajstić information content (AvgIpc) is 2.48. The Morgan fingerprint density at radius 3 is 2.84 bits per heavy atom. The Hall–Kier alpha value is -1.57. The van der Waals surface area contributed by atoms with Crippen LogP contribution >= 0.6 is 0 Å². The SMILES string of the molecule is COc1ccc(COCC2CCNCC2)cc1C#N. The molecule has 2 rings (SSSR count). The second-order valence-corrected chi connectivity index (χ2v) is 4.85. The molecule has 1 aromatic rings. The topological polar surface area (TPSA) is 54.3 Å². The van der Waals surface area contributed by atoms with Crippen molar-refractivity contribution < 1.29 is 9.47 Å². The molecule has 0 radical (unpaired) electrons. The van der Waals surface area contributed by atoms with Crippen LogP contribution in [0, 0.1) is 17.2 Å². The maximum Gasteiger partial charge on any atom is 0.136 e. The number of hydrogen-bond donors (Lipinski definition) is 1. The molecule has 0 saturated carbocycles. The van der Waals surface area contributed by atoms with Crippen LogP contribution in [0.3, 0.4) is 0 Å². The molecule has 0 aliphatic carbocycles. The van der Waals surface area contributed by atoms with Gasteiger partial charge in [-0.05, 0) is 49.5 Å². The Morgan fingerprint density at radius 2 is 2.16 bits per heavy atom. The zero-order valence-electron chi connectivity index (χ0n) is 11.3. The lowest BCUT2D eigenvalue weighted by Gasteiger charge is -2.22. The quantitative estimate of drug-likeness (QED) is 0.880. The highest BCUT2D eigenvalue weighted by molar-refractivity contribution is 5.45. The van der Waals surface area contributed by atoms with E-state index in [1.54, 1.807) is 7.11 Å². The van der Waals surface area contributed by atoms with E-state index >= 15 is 0 Å². The molecule has 19 heavy (non-hydrogen) atoms. The van der Waals surface area contributed by atoms with Gasteiger partial charge in [0.2, 0.25) is 0 Å². The van der Waals surface area contributed by atoms with E-state index in [-0.39, 0.29) is 0 Å². The molecule has 4 nitrogen and oxygen atoms in total. The lowest BCUT2D eigenvalue weighted by Crippen LogP contribution is -2.29. The first-order chi connectivity index (χ1) is 9.33. The van der Waals surface area contributed by atoms with Gasteiger partial charge in [0, 0.05) is 6.61 Å². The predicted molar refractivity (Wildman–Crippen MR) is 73.0 cm³/mol. The molecule has 1 aliphatic heterocycles. The molecule has 4 heteroatoms. The van der Waals surface area contributed by atoms with Gasteiger partial charge in [-0.3, -0.25) is 0 Å². The summed E-state index contributed by atoms with van der Waals surface area (Å²) in [6.45, 7) is 3.54. The zero-order valence-corrected chi connectivity index (χ0v) is 11.3. The third-order valence-electron chi connectivity index (χ3n) is 3.47. The molecular weight excluding hydrogens is 240 g/mol. The van der Waals surface area contributed by atoms with Gasteiger partial charge in [0.15, 0.2) is 0 Å². The van der Waals surface area contributed by atoms with Crippen molar-refractivity contribution in [3.8, 4) is 11.8 Å². The maximum absolute atomic E-state index is 9.03. The number of ether oxygens (including phenoxy) is 2. The number of methoxy groups -OCH3 is 1. The van der Waals surface area contributed by atoms with Crippen molar-refractivity contribution in [1.82, 2.24) is 5.32 Å². The Labute approximate surface area is 114 Å². The predicted octanol–water partition coefficient (Wildman–Crippen LogP) is 2.08. The number of benzene rings is 1. The summed E-state index contributed by atoms with van der Waals surface area (Å²) in [5, 5.41) is 12.4. The number of nitriles is 1. The molecule has 0 atom stereocenters. The summed E-state index contributed by atoms with van der Waals surface area (Å²) in [6, 6.07) is 7.74. The number of rotatable bonds is 5. The van der Waals surface area contributed by atoms with E-state index in [9.17, 15) is 0 Å².